The predicted octanol–water partition coefficient (Wildman–Crippen LogP) is 2.63. The molecule has 0 saturated heterocycles. The summed E-state index contributed by atoms with van der Waals surface area (Å²) < 4.78 is 25.9. The van der Waals surface area contributed by atoms with Gasteiger partial charge in [-0.3, -0.25) is 10.1 Å². The van der Waals surface area contributed by atoms with Crippen LogP contribution in [0.4, 0.5) is 13.9 Å². The van der Waals surface area contributed by atoms with Gasteiger partial charge in [0.1, 0.15) is 16.6 Å². The molecule has 1 N–H and O–H groups in total. The minimum absolute atomic E-state index is 0.0965. The van der Waals surface area contributed by atoms with Crippen LogP contribution < -0.4 is 5.32 Å². The maximum atomic E-state index is 12.9. The zero-order valence-electron chi connectivity index (χ0n) is 9.41. The second-order valence-electron chi connectivity index (χ2n) is 3.47. The number of carbonyl (C=O) groups is 1. The van der Waals surface area contributed by atoms with Gasteiger partial charge in [0.15, 0.2) is 0 Å². The van der Waals surface area contributed by atoms with E-state index in [2.05, 4.69) is 15.5 Å². The Balaban J connectivity index is 2.16. The van der Waals surface area contributed by atoms with E-state index in [9.17, 15) is 13.6 Å². The predicted molar refractivity (Wildman–Crippen MR) is 63.6 cm³/mol. The summed E-state index contributed by atoms with van der Waals surface area (Å²) in [5.74, 6) is -2.22. The van der Waals surface area contributed by atoms with Crippen molar-refractivity contribution >= 4 is 22.4 Å². The lowest BCUT2D eigenvalue weighted by molar-refractivity contribution is 0.102. The first-order valence-electron chi connectivity index (χ1n) is 5.18. The van der Waals surface area contributed by atoms with E-state index in [-0.39, 0.29) is 5.56 Å². The largest absolute Gasteiger partial charge is 0.296 e. The van der Waals surface area contributed by atoms with Crippen LogP contribution in [0.5, 0.6) is 0 Å². The fraction of sp³-hybridized carbons (Fsp3) is 0.182. The number of nitrogens with zero attached hydrogens (tertiary/aromatic N) is 2. The van der Waals surface area contributed by atoms with Gasteiger partial charge >= 0.3 is 0 Å². The molecule has 0 spiro atoms. The summed E-state index contributed by atoms with van der Waals surface area (Å²) in [6, 6.07) is 2.62. The lowest BCUT2D eigenvalue weighted by Gasteiger charge is -2.01. The first-order valence-corrected chi connectivity index (χ1v) is 6.00. The number of carbonyl (C=O) groups excluding carboxylic acids is 1. The van der Waals surface area contributed by atoms with E-state index in [1.54, 1.807) is 0 Å². The summed E-state index contributed by atoms with van der Waals surface area (Å²) >= 11 is 1.22. The summed E-state index contributed by atoms with van der Waals surface area (Å²) in [6.45, 7) is 1.91. The van der Waals surface area contributed by atoms with Crippen molar-refractivity contribution in [1.82, 2.24) is 10.2 Å². The monoisotopic (exact) mass is 269 g/mol. The number of anilines is 1. The SMILES string of the molecule is CCc1nnc(NC(=O)c2cc(F)cc(F)c2)s1. The van der Waals surface area contributed by atoms with Crippen LogP contribution in [0.15, 0.2) is 18.2 Å². The molecule has 1 amide bonds. The Morgan fingerprint density at radius 3 is 2.50 bits per heavy atom. The number of aryl methyl sites for hydroxylation is 1. The first kappa shape index (κ1) is 12.6. The second kappa shape index (κ2) is 5.18. The van der Waals surface area contributed by atoms with Crippen molar-refractivity contribution in [3.05, 3.63) is 40.4 Å². The highest BCUT2D eigenvalue weighted by atomic mass is 32.1. The Morgan fingerprint density at radius 2 is 1.94 bits per heavy atom. The number of aromatic nitrogens is 2. The third kappa shape index (κ3) is 2.86. The summed E-state index contributed by atoms with van der Waals surface area (Å²) in [4.78, 5) is 11.7. The fourth-order valence-electron chi connectivity index (χ4n) is 1.30. The van der Waals surface area contributed by atoms with Crippen molar-refractivity contribution in [2.45, 2.75) is 13.3 Å². The van der Waals surface area contributed by atoms with Crippen LogP contribution in [-0.4, -0.2) is 16.1 Å². The Kier molecular flexibility index (Phi) is 3.61. The third-order valence-corrected chi connectivity index (χ3v) is 3.10. The summed E-state index contributed by atoms with van der Waals surface area (Å²) in [5.41, 5.74) is -0.0965. The van der Waals surface area contributed by atoms with Crippen LogP contribution in [0.25, 0.3) is 0 Å². The van der Waals surface area contributed by atoms with Gasteiger partial charge in [0, 0.05) is 11.6 Å². The van der Waals surface area contributed by atoms with Crippen molar-refractivity contribution in [2.75, 3.05) is 5.32 Å². The average Bonchev–Trinajstić information content (AvgIpc) is 2.75. The number of hydrogen-bond acceptors (Lipinski definition) is 4. The van der Waals surface area contributed by atoms with Gasteiger partial charge in [-0.25, -0.2) is 8.78 Å². The Hall–Kier alpha value is -1.89. The van der Waals surface area contributed by atoms with E-state index < -0.39 is 17.5 Å². The minimum Gasteiger partial charge on any atom is -0.296 e. The molecule has 18 heavy (non-hydrogen) atoms. The molecule has 0 unspecified atom stereocenters. The second-order valence-corrected chi connectivity index (χ2v) is 4.53. The average molecular weight is 269 g/mol. The number of amides is 1. The molecule has 1 aromatic carbocycles. The zero-order valence-corrected chi connectivity index (χ0v) is 10.2. The molecule has 0 bridgehead atoms. The van der Waals surface area contributed by atoms with Gasteiger partial charge in [-0.05, 0) is 18.6 Å². The van der Waals surface area contributed by atoms with E-state index in [1.165, 1.54) is 11.3 Å². The summed E-state index contributed by atoms with van der Waals surface area (Å²) in [6.07, 6.45) is 0.710. The highest BCUT2D eigenvalue weighted by Crippen LogP contribution is 2.17. The number of hydrogen-bond donors (Lipinski definition) is 1. The van der Waals surface area contributed by atoms with Crippen LogP contribution >= 0.6 is 11.3 Å². The lowest BCUT2D eigenvalue weighted by atomic mass is 10.2. The van der Waals surface area contributed by atoms with Crippen molar-refractivity contribution in [3.8, 4) is 0 Å². The molecule has 0 saturated carbocycles. The topological polar surface area (TPSA) is 54.9 Å². The third-order valence-electron chi connectivity index (χ3n) is 2.11. The Bertz CT molecular complexity index is 565. The highest BCUT2D eigenvalue weighted by Gasteiger charge is 2.11. The van der Waals surface area contributed by atoms with E-state index in [0.29, 0.717) is 17.6 Å². The molecule has 0 aliphatic heterocycles. The smallest absolute Gasteiger partial charge is 0.257 e. The number of nitrogens with one attached hydrogen (secondary N) is 1. The van der Waals surface area contributed by atoms with E-state index in [0.717, 1.165) is 17.1 Å². The summed E-state index contributed by atoms with van der Waals surface area (Å²) in [7, 11) is 0. The fourth-order valence-corrected chi connectivity index (χ4v) is 1.98. The van der Waals surface area contributed by atoms with Gasteiger partial charge in [-0.1, -0.05) is 18.3 Å². The molecule has 1 heterocycles. The van der Waals surface area contributed by atoms with Gasteiger partial charge in [0.25, 0.3) is 5.91 Å². The molecular formula is C11H9F2N3OS. The molecule has 0 atom stereocenters. The van der Waals surface area contributed by atoms with Crippen molar-refractivity contribution in [2.24, 2.45) is 0 Å². The van der Waals surface area contributed by atoms with Crippen molar-refractivity contribution < 1.29 is 13.6 Å². The Labute approximate surface area is 106 Å². The minimum atomic E-state index is -0.799. The maximum absolute atomic E-state index is 12.9. The number of rotatable bonds is 3. The van der Waals surface area contributed by atoms with Crippen molar-refractivity contribution in [3.63, 3.8) is 0 Å². The Morgan fingerprint density at radius 1 is 1.28 bits per heavy atom. The highest BCUT2D eigenvalue weighted by molar-refractivity contribution is 7.15. The number of benzene rings is 1. The molecule has 2 aromatic rings. The molecule has 1 aromatic heterocycles. The van der Waals surface area contributed by atoms with Crippen molar-refractivity contribution in [1.29, 1.82) is 0 Å². The lowest BCUT2D eigenvalue weighted by Crippen LogP contribution is -2.12. The van der Waals surface area contributed by atoms with Gasteiger partial charge < -0.3 is 0 Å². The van der Waals surface area contributed by atoms with Crippen LogP contribution in [0, 0.1) is 11.6 Å². The van der Waals surface area contributed by atoms with Crippen LogP contribution in [-0.2, 0) is 6.42 Å². The molecule has 0 radical (unpaired) electrons. The molecule has 0 fully saturated rings. The molecule has 0 aliphatic carbocycles. The number of halogens is 2. The van der Waals surface area contributed by atoms with Crippen LogP contribution in [0.2, 0.25) is 0 Å². The van der Waals surface area contributed by atoms with Gasteiger partial charge in [-0.15, -0.1) is 10.2 Å². The zero-order chi connectivity index (χ0) is 13.1. The van der Waals surface area contributed by atoms with Gasteiger partial charge in [0.2, 0.25) is 5.13 Å². The molecule has 4 nitrogen and oxygen atoms in total. The normalized spacial score (nSPS) is 10.4. The van der Waals surface area contributed by atoms with Gasteiger partial charge in [0.05, 0.1) is 0 Å². The maximum Gasteiger partial charge on any atom is 0.257 e. The molecular weight excluding hydrogens is 260 g/mol. The van der Waals surface area contributed by atoms with Crippen LogP contribution in [0.1, 0.15) is 22.3 Å². The standard InChI is InChI=1S/C11H9F2N3OS/c1-2-9-15-16-11(18-9)14-10(17)6-3-7(12)5-8(13)4-6/h3-5H,2H2,1H3,(H,14,16,17). The molecule has 94 valence electrons. The first-order chi connectivity index (χ1) is 8.58. The summed E-state index contributed by atoms with van der Waals surface area (Å²) in [5, 5.41) is 11.1. The quantitative estimate of drug-likeness (QED) is 0.932. The van der Waals surface area contributed by atoms with E-state index in [4.69, 9.17) is 0 Å². The molecule has 7 heteroatoms. The molecule has 0 aliphatic rings. The van der Waals surface area contributed by atoms with E-state index >= 15 is 0 Å². The molecule has 2 rings (SSSR count). The van der Waals surface area contributed by atoms with E-state index in [1.807, 2.05) is 6.92 Å². The van der Waals surface area contributed by atoms with Gasteiger partial charge in [-0.2, -0.15) is 0 Å². The van der Waals surface area contributed by atoms with Crippen LogP contribution in [0.3, 0.4) is 0 Å².